The van der Waals surface area contributed by atoms with Crippen LogP contribution < -0.4 is 4.90 Å². The first-order valence-electron chi connectivity index (χ1n) is 12.1. The first-order valence-corrected chi connectivity index (χ1v) is 12.1. The second-order valence-electron chi connectivity index (χ2n) is 9.23. The zero-order valence-electron chi connectivity index (χ0n) is 20.5. The minimum absolute atomic E-state index is 0.0567. The summed E-state index contributed by atoms with van der Waals surface area (Å²) in [6.07, 6.45) is 1.76. The lowest BCUT2D eigenvalue weighted by molar-refractivity contribution is 0.0746. The summed E-state index contributed by atoms with van der Waals surface area (Å²) in [6, 6.07) is 14.3. The van der Waals surface area contributed by atoms with E-state index >= 15 is 0 Å². The molecule has 6 heteroatoms. The van der Waals surface area contributed by atoms with Crippen LogP contribution in [0, 0.1) is 19.7 Å². The molecular formula is C28H33FN4O. The normalized spacial score (nSPS) is 14.9. The van der Waals surface area contributed by atoms with Crippen molar-refractivity contribution in [1.82, 2.24) is 14.9 Å². The van der Waals surface area contributed by atoms with Crippen molar-refractivity contribution >= 4 is 11.7 Å². The molecule has 0 saturated carbocycles. The van der Waals surface area contributed by atoms with Gasteiger partial charge in [0.15, 0.2) is 0 Å². The lowest BCUT2D eigenvalue weighted by atomic mass is 10.0. The fourth-order valence-corrected chi connectivity index (χ4v) is 4.40. The first-order chi connectivity index (χ1) is 16.4. The smallest absolute Gasteiger partial charge is 0.253 e. The van der Waals surface area contributed by atoms with Crippen molar-refractivity contribution < 1.29 is 9.18 Å². The van der Waals surface area contributed by atoms with E-state index in [-0.39, 0.29) is 17.6 Å². The summed E-state index contributed by atoms with van der Waals surface area (Å²) < 4.78 is 13.3. The molecule has 0 aliphatic carbocycles. The third-order valence-corrected chi connectivity index (χ3v) is 6.68. The van der Waals surface area contributed by atoms with E-state index in [2.05, 4.69) is 56.9 Å². The maximum absolute atomic E-state index is 13.3. The van der Waals surface area contributed by atoms with E-state index in [1.165, 1.54) is 23.3 Å². The Balaban J connectivity index is 1.58. The van der Waals surface area contributed by atoms with E-state index in [1.807, 2.05) is 4.90 Å². The monoisotopic (exact) mass is 460 g/mol. The molecule has 0 unspecified atom stereocenters. The number of hydrogen-bond donors (Lipinski definition) is 0. The van der Waals surface area contributed by atoms with E-state index < -0.39 is 0 Å². The highest BCUT2D eigenvalue weighted by molar-refractivity contribution is 5.94. The van der Waals surface area contributed by atoms with Crippen molar-refractivity contribution in [3.8, 4) is 0 Å². The summed E-state index contributed by atoms with van der Waals surface area (Å²) in [7, 11) is 0. The molecule has 5 nitrogen and oxygen atoms in total. The standard InChI is InChI=1S/C28H33FN4O/c1-5-20(3)26-30-21(4)25(18-22-8-6-7-19(2)17-22)27(31-26)32-13-15-33(16-14-32)28(34)23-9-11-24(29)12-10-23/h6-12,17,20H,5,13-16,18H2,1-4H3/t20-/m1/s1. The van der Waals surface area contributed by atoms with Gasteiger partial charge in [-0.3, -0.25) is 4.79 Å². The molecule has 4 rings (SSSR count). The molecule has 1 aliphatic heterocycles. The van der Waals surface area contributed by atoms with Gasteiger partial charge in [-0.15, -0.1) is 0 Å². The molecule has 1 amide bonds. The Morgan fingerprint density at radius 2 is 1.74 bits per heavy atom. The summed E-state index contributed by atoms with van der Waals surface area (Å²) >= 11 is 0. The average Bonchev–Trinajstić information content (AvgIpc) is 2.85. The Hall–Kier alpha value is -3.28. The maximum Gasteiger partial charge on any atom is 0.253 e. The number of amides is 1. The van der Waals surface area contributed by atoms with Gasteiger partial charge in [0.05, 0.1) is 0 Å². The summed E-state index contributed by atoms with van der Waals surface area (Å²) in [5.74, 6) is 1.76. The number of benzene rings is 2. The molecule has 1 saturated heterocycles. The summed E-state index contributed by atoms with van der Waals surface area (Å²) in [4.78, 5) is 27.0. The molecule has 1 fully saturated rings. The molecule has 1 aromatic heterocycles. The molecule has 34 heavy (non-hydrogen) atoms. The average molecular weight is 461 g/mol. The largest absolute Gasteiger partial charge is 0.353 e. The van der Waals surface area contributed by atoms with E-state index in [9.17, 15) is 9.18 Å². The third-order valence-electron chi connectivity index (χ3n) is 6.68. The van der Waals surface area contributed by atoms with Crippen LogP contribution in [0.4, 0.5) is 10.2 Å². The van der Waals surface area contributed by atoms with Gasteiger partial charge >= 0.3 is 0 Å². The molecular weight excluding hydrogens is 427 g/mol. The highest BCUT2D eigenvalue weighted by Gasteiger charge is 2.26. The zero-order valence-corrected chi connectivity index (χ0v) is 20.5. The van der Waals surface area contributed by atoms with Gasteiger partial charge in [-0.1, -0.05) is 43.7 Å². The SMILES string of the molecule is CC[C@@H](C)c1nc(C)c(Cc2cccc(C)c2)c(N2CCN(C(=O)c3ccc(F)cc3)CC2)n1. The topological polar surface area (TPSA) is 49.3 Å². The summed E-state index contributed by atoms with van der Waals surface area (Å²) in [5.41, 5.74) is 5.17. The molecule has 0 spiro atoms. The van der Waals surface area contributed by atoms with E-state index in [4.69, 9.17) is 9.97 Å². The Kier molecular flexibility index (Phi) is 7.25. The van der Waals surface area contributed by atoms with E-state index in [1.54, 1.807) is 12.1 Å². The van der Waals surface area contributed by atoms with Crippen LogP contribution >= 0.6 is 0 Å². The Bertz CT molecular complexity index is 1150. The first kappa shape index (κ1) is 23.9. The molecule has 0 radical (unpaired) electrons. The van der Waals surface area contributed by atoms with Crippen molar-refractivity contribution in [2.45, 2.75) is 46.5 Å². The molecule has 2 heterocycles. The molecule has 3 aromatic rings. The summed E-state index contributed by atoms with van der Waals surface area (Å²) in [6.45, 7) is 11.1. The maximum atomic E-state index is 13.3. The Morgan fingerprint density at radius 1 is 1.03 bits per heavy atom. The number of carbonyl (C=O) groups excluding carboxylic acids is 1. The lowest BCUT2D eigenvalue weighted by Crippen LogP contribution is -2.49. The van der Waals surface area contributed by atoms with Gasteiger partial charge in [0.2, 0.25) is 0 Å². The van der Waals surface area contributed by atoms with Gasteiger partial charge in [-0.2, -0.15) is 0 Å². The fraction of sp³-hybridized carbons (Fsp3) is 0.393. The predicted molar refractivity (Wildman–Crippen MR) is 134 cm³/mol. The van der Waals surface area contributed by atoms with Gasteiger partial charge in [0.1, 0.15) is 17.5 Å². The lowest BCUT2D eigenvalue weighted by Gasteiger charge is -2.36. The molecule has 0 N–H and O–H groups in total. The second kappa shape index (κ2) is 10.3. The van der Waals surface area contributed by atoms with Crippen LogP contribution in [0.5, 0.6) is 0 Å². The van der Waals surface area contributed by atoms with Crippen molar-refractivity contribution in [3.05, 3.63) is 88.1 Å². The van der Waals surface area contributed by atoms with Crippen molar-refractivity contribution in [3.63, 3.8) is 0 Å². The van der Waals surface area contributed by atoms with Gasteiger partial charge in [0, 0.05) is 55.3 Å². The number of piperazine rings is 1. The van der Waals surface area contributed by atoms with Crippen LogP contribution in [0.15, 0.2) is 48.5 Å². The number of rotatable bonds is 6. The van der Waals surface area contributed by atoms with Gasteiger partial charge < -0.3 is 9.80 Å². The minimum atomic E-state index is -0.334. The second-order valence-corrected chi connectivity index (χ2v) is 9.23. The minimum Gasteiger partial charge on any atom is -0.353 e. The number of anilines is 1. The van der Waals surface area contributed by atoms with E-state index in [0.29, 0.717) is 31.7 Å². The third kappa shape index (κ3) is 5.27. The van der Waals surface area contributed by atoms with Crippen molar-refractivity contribution in [1.29, 1.82) is 0 Å². The molecule has 178 valence electrons. The van der Waals surface area contributed by atoms with Crippen molar-refractivity contribution in [2.75, 3.05) is 31.1 Å². The van der Waals surface area contributed by atoms with Crippen LogP contribution in [-0.2, 0) is 6.42 Å². The zero-order chi connectivity index (χ0) is 24.2. The molecule has 1 aliphatic rings. The molecule has 1 atom stereocenters. The van der Waals surface area contributed by atoms with Crippen molar-refractivity contribution in [2.24, 2.45) is 0 Å². The Labute approximate surface area is 201 Å². The van der Waals surface area contributed by atoms with Gasteiger partial charge in [-0.05, 0) is 50.1 Å². The van der Waals surface area contributed by atoms with Crippen LogP contribution in [0.1, 0.15) is 64.8 Å². The highest BCUT2D eigenvalue weighted by Crippen LogP contribution is 2.28. The Morgan fingerprint density at radius 3 is 2.38 bits per heavy atom. The number of hydrogen-bond acceptors (Lipinski definition) is 4. The van der Waals surface area contributed by atoms with Gasteiger partial charge in [0.25, 0.3) is 5.91 Å². The van der Waals surface area contributed by atoms with Crippen LogP contribution in [-0.4, -0.2) is 47.0 Å². The fourth-order valence-electron chi connectivity index (χ4n) is 4.40. The molecule has 0 bridgehead atoms. The quantitative estimate of drug-likeness (QED) is 0.501. The van der Waals surface area contributed by atoms with E-state index in [0.717, 1.165) is 35.7 Å². The van der Waals surface area contributed by atoms with Crippen LogP contribution in [0.3, 0.4) is 0 Å². The number of aryl methyl sites for hydroxylation is 2. The van der Waals surface area contributed by atoms with Gasteiger partial charge in [-0.25, -0.2) is 14.4 Å². The number of nitrogens with zero attached hydrogens (tertiary/aromatic N) is 4. The number of carbonyl (C=O) groups is 1. The van der Waals surface area contributed by atoms with Crippen LogP contribution in [0.25, 0.3) is 0 Å². The number of aromatic nitrogens is 2. The van der Waals surface area contributed by atoms with Crippen LogP contribution in [0.2, 0.25) is 0 Å². The highest BCUT2D eigenvalue weighted by atomic mass is 19.1. The number of halogens is 1. The molecule has 2 aromatic carbocycles. The summed E-state index contributed by atoms with van der Waals surface area (Å²) in [5, 5.41) is 0. The predicted octanol–water partition coefficient (Wildman–Crippen LogP) is 5.30.